The second-order valence-electron chi connectivity index (χ2n) is 16.9. The van der Waals surface area contributed by atoms with Crippen molar-refractivity contribution in [3.05, 3.63) is 0 Å². The molecular weight excluding hydrogens is 660 g/mol. The van der Waals surface area contributed by atoms with Gasteiger partial charge in [-0.3, -0.25) is 14.4 Å². The van der Waals surface area contributed by atoms with Crippen molar-refractivity contribution in [2.45, 2.75) is 140 Å². The van der Waals surface area contributed by atoms with Crippen LogP contribution in [0.25, 0.3) is 0 Å². The minimum atomic E-state index is -1.74. The number of Topliss-reactive ketones (excluding diaryl/α,β-unsaturated/α-hetero) is 1. The summed E-state index contributed by atoms with van der Waals surface area (Å²) < 4.78 is 29.8. The van der Waals surface area contributed by atoms with Gasteiger partial charge in [-0.25, -0.2) is 0 Å². The zero-order chi connectivity index (χ0) is 36.6. The third-order valence-electron chi connectivity index (χ3n) is 14.4. The molecule has 2 unspecified atom stereocenters. The molecule has 50 heavy (non-hydrogen) atoms. The van der Waals surface area contributed by atoms with Crippen LogP contribution < -0.4 is 0 Å². The van der Waals surface area contributed by atoms with E-state index in [0.717, 1.165) is 0 Å². The van der Waals surface area contributed by atoms with Gasteiger partial charge in [-0.2, -0.15) is 0 Å². The minimum absolute atomic E-state index is 0.182. The van der Waals surface area contributed by atoms with E-state index >= 15 is 0 Å². The summed E-state index contributed by atoms with van der Waals surface area (Å²) in [5.41, 5.74) is -3.86. The SMILES string of the molecule is CC(=O)O[C@@H]1C[C@@H](C)C2[C@@H](C[C@H]3[C@H]4C([C@H](O)[C@H](OC(C)=O)[C@]23C)[C@]2(C)[C@H](C[C@@H]3O[C@@H]3[C@@H]2O[C@@H]2O[C@H](CO)[C@@H](O)[C@H](O)[C@H]2O)C(=O)[C@@H]4O)[C@@]1(C)O. The van der Waals surface area contributed by atoms with Crippen LogP contribution in [0.15, 0.2) is 0 Å². The minimum Gasteiger partial charge on any atom is -0.459 e. The number of hydrogen-bond acceptors (Lipinski definition) is 15. The van der Waals surface area contributed by atoms with Crippen molar-refractivity contribution >= 4 is 17.7 Å². The molecule has 7 fully saturated rings. The molecule has 0 amide bonds. The summed E-state index contributed by atoms with van der Waals surface area (Å²) in [6.07, 6.45) is -14.1. The summed E-state index contributed by atoms with van der Waals surface area (Å²) in [5.74, 6) is -6.00. The first-order chi connectivity index (χ1) is 23.3. The number of rotatable bonds is 5. The highest BCUT2D eigenvalue weighted by molar-refractivity contribution is 5.88. The van der Waals surface area contributed by atoms with Crippen molar-refractivity contribution in [1.82, 2.24) is 0 Å². The first kappa shape index (κ1) is 36.6. The first-order valence-electron chi connectivity index (χ1n) is 17.9. The molecule has 7 aliphatic rings. The fraction of sp³-hybridized carbons (Fsp3) is 0.914. The van der Waals surface area contributed by atoms with Crippen molar-refractivity contribution in [1.29, 1.82) is 0 Å². The van der Waals surface area contributed by atoms with Crippen molar-refractivity contribution in [2.75, 3.05) is 6.61 Å². The average molecular weight is 713 g/mol. The van der Waals surface area contributed by atoms with Crippen LogP contribution >= 0.6 is 0 Å². The third-order valence-corrected chi connectivity index (χ3v) is 14.4. The van der Waals surface area contributed by atoms with E-state index in [0.29, 0.717) is 6.42 Å². The Morgan fingerprint density at radius 1 is 0.820 bits per heavy atom. The summed E-state index contributed by atoms with van der Waals surface area (Å²) in [7, 11) is 0. The van der Waals surface area contributed by atoms with Crippen LogP contribution in [0.1, 0.15) is 60.8 Å². The van der Waals surface area contributed by atoms with Crippen LogP contribution in [0.4, 0.5) is 0 Å². The van der Waals surface area contributed by atoms with Crippen LogP contribution in [0.3, 0.4) is 0 Å². The molecule has 0 bridgehead atoms. The van der Waals surface area contributed by atoms with Gasteiger partial charge >= 0.3 is 11.9 Å². The fourth-order valence-electron chi connectivity index (χ4n) is 12.3. The Bertz CT molecular complexity index is 1390. The standard InChI is InChI=1S/C35H52O15/c1-11-7-19(46-12(2)37)35(6,45)15-8-14-20-22(26(42)30(47-13(3)38)33(14,4)21(11)15)34(5)16(23(39)25(20)41)9-17-29(48-17)31(34)50-32-28(44)27(43)24(40)18(10-36)49-32/h11,14-22,24-32,36,40-45H,7-10H2,1-6H3/t11-,14+,15-,16-,17+,18-,19-,20+,21?,22?,24-,25-,26+,27+,28-,29+,30+,31+,32+,33+,34+,35-/m1/s1. The summed E-state index contributed by atoms with van der Waals surface area (Å²) in [4.78, 5) is 39.3. The zero-order valence-corrected chi connectivity index (χ0v) is 29.2. The molecule has 0 aromatic heterocycles. The van der Waals surface area contributed by atoms with Gasteiger partial charge in [0, 0.05) is 42.4 Å². The van der Waals surface area contributed by atoms with Gasteiger partial charge in [-0.05, 0) is 49.9 Å². The van der Waals surface area contributed by atoms with Crippen LogP contribution in [-0.2, 0) is 38.1 Å². The smallest absolute Gasteiger partial charge is 0.303 e. The Hall–Kier alpha value is -1.79. The quantitative estimate of drug-likeness (QED) is 0.126. The first-order valence-corrected chi connectivity index (χ1v) is 17.9. The van der Waals surface area contributed by atoms with Crippen LogP contribution in [0.2, 0.25) is 0 Å². The summed E-state index contributed by atoms with van der Waals surface area (Å²) >= 11 is 0. The van der Waals surface area contributed by atoms with Crippen molar-refractivity contribution in [3.63, 3.8) is 0 Å². The molecule has 22 atom stereocenters. The number of hydrogen-bond donors (Lipinski definition) is 7. The lowest BCUT2D eigenvalue weighted by Gasteiger charge is -2.65. The molecule has 7 N–H and O–H groups in total. The highest BCUT2D eigenvalue weighted by atomic mass is 16.7. The van der Waals surface area contributed by atoms with Gasteiger partial charge in [0.15, 0.2) is 12.1 Å². The summed E-state index contributed by atoms with van der Waals surface area (Å²) in [5, 5.41) is 78.4. The molecule has 15 heteroatoms. The molecule has 2 saturated heterocycles. The van der Waals surface area contributed by atoms with Gasteiger partial charge in [0.05, 0.1) is 24.9 Å². The highest BCUT2D eigenvalue weighted by Crippen LogP contribution is 2.73. The lowest BCUT2D eigenvalue weighted by molar-refractivity contribution is -0.335. The molecule has 0 radical (unpaired) electrons. The van der Waals surface area contributed by atoms with Gasteiger partial charge in [0.1, 0.15) is 54.4 Å². The number of aliphatic hydroxyl groups is 7. The van der Waals surface area contributed by atoms with Gasteiger partial charge < -0.3 is 59.4 Å². The van der Waals surface area contributed by atoms with E-state index in [1.807, 2.05) is 13.8 Å². The van der Waals surface area contributed by atoms with Crippen molar-refractivity contribution < 1.29 is 73.8 Å². The number of epoxide rings is 1. The fourth-order valence-corrected chi connectivity index (χ4v) is 12.3. The molecule has 15 nitrogen and oxygen atoms in total. The van der Waals surface area contributed by atoms with Gasteiger partial charge in [-0.1, -0.05) is 20.8 Å². The number of ether oxygens (including phenoxy) is 5. The van der Waals surface area contributed by atoms with E-state index in [-0.39, 0.29) is 24.7 Å². The van der Waals surface area contributed by atoms with Crippen LogP contribution in [-0.4, -0.2) is 139 Å². The van der Waals surface area contributed by atoms with Crippen LogP contribution in [0.5, 0.6) is 0 Å². The third kappa shape index (κ3) is 4.94. The Kier molecular flexibility index (Phi) is 8.86. The summed E-state index contributed by atoms with van der Waals surface area (Å²) in [6, 6.07) is 0. The van der Waals surface area contributed by atoms with Gasteiger partial charge in [0.25, 0.3) is 0 Å². The molecule has 2 aliphatic heterocycles. The predicted octanol–water partition coefficient (Wildman–Crippen LogP) is -1.57. The number of aliphatic hydroxyl groups excluding tert-OH is 6. The van der Waals surface area contributed by atoms with Crippen molar-refractivity contribution in [3.8, 4) is 0 Å². The Morgan fingerprint density at radius 3 is 2.10 bits per heavy atom. The Labute approximate surface area is 290 Å². The Morgan fingerprint density at radius 2 is 1.48 bits per heavy atom. The number of fused-ring (bicyclic) bond motifs is 8. The Balaban J connectivity index is 1.33. The van der Waals surface area contributed by atoms with Gasteiger partial charge in [-0.15, -0.1) is 0 Å². The van der Waals surface area contributed by atoms with Gasteiger partial charge in [0.2, 0.25) is 0 Å². The second-order valence-corrected chi connectivity index (χ2v) is 16.9. The van der Waals surface area contributed by atoms with Crippen LogP contribution in [0, 0.1) is 52.3 Å². The summed E-state index contributed by atoms with van der Waals surface area (Å²) in [6.45, 7) is 9.09. The number of carbonyl (C=O) groups is 3. The monoisotopic (exact) mass is 712 g/mol. The van der Waals surface area contributed by atoms with E-state index in [9.17, 15) is 50.1 Å². The maximum absolute atomic E-state index is 14.4. The van der Waals surface area contributed by atoms with E-state index in [1.54, 1.807) is 13.8 Å². The maximum Gasteiger partial charge on any atom is 0.303 e. The zero-order valence-electron chi connectivity index (χ0n) is 29.2. The lowest BCUT2D eigenvalue weighted by atomic mass is 9.41. The molecule has 5 saturated carbocycles. The molecule has 0 spiro atoms. The largest absolute Gasteiger partial charge is 0.459 e. The van der Waals surface area contributed by atoms with E-state index in [1.165, 1.54) is 13.8 Å². The molecular formula is C35H52O15. The number of esters is 2. The normalized spacial score (nSPS) is 58.1. The molecule has 7 rings (SSSR count). The van der Waals surface area contributed by atoms with E-state index in [2.05, 4.69) is 0 Å². The molecule has 282 valence electrons. The predicted molar refractivity (Wildman–Crippen MR) is 166 cm³/mol. The molecule has 0 aromatic carbocycles. The number of ketones is 1. The highest BCUT2D eigenvalue weighted by Gasteiger charge is 2.79. The van der Waals surface area contributed by atoms with E-state index < -0.39 is 144 Å². The lowest BCUT2D eigenvalue weighted by Crippen LogP contribution is -2.74. The maximum atomic E-state index is 14.4. The topological polar surface area (TPSA) is 242 Å². The second kappa shape index (κ2) is 12.1. The average Bonchev–Trinajstić information content (AvgIpc) is 3.73. The van der Waals surface area contributed by atoms with Crippen molar-refractivity contribution in [2.24, 2.45) is 52.3 Å². The van der Waals surface area contributed by atoms with E-state index in [4.69, 9.17) is 23.7 Å². The molecule has 0 aromatic rings. The number of carbonyl (C=O) groups excluding carboxylic acids is 3. The molecule has 2 heterocycles. The molecule has 5 aliphatic carbocycles.